The van der Waals surface area contributed by atoms with Crippen molar-refractivity contribution in [2.75, 3.05) is 57.3 Å². The van der Waals surface area contributed by atoms with Crippen LogP contribution in [-0.2, 0) is 14.3 Å². The van der Waals surface area contributed by atoms with Crippen LogP contribution in [0.15, 0.2) is 24.3 Å². The van der Waals surface area contributed by atoms with Gasteiger partial charge in [0.05, 0.1) is 12.0 Å². The zero-order chi connectivity index (χ0) is 25.7. The van der Waals surface area contributed by atoms with Crippen LogP contribution in [-0.4, -0.2) is 92.2 Å². The molecule has 3 aliphatic heterocycles. The van der Waals surface area contributed by atoms with Crippen LogP contribution >= 0.6 is 0 Å². The third-order valence-electron chi connectivity index (χ3n) is 7.85. The number of alkyl carbamates (subject to hydrolysis) is 1. The fourth-order valence-electron chi connectivity index (χ4n) is 5.78. The number of ether oxygens (including phenoxy) is 1. The summed E-state index contributed by atoms with van der Waals surface area (Å²) in [6.45, 7) is 8.79. The van der Waals surface area contributed by atoms with Gasteiger partial charge in [-0.2, -0.15) is 0 Å². The number of amides is 3. The number of halogens is 1. The van der Waals surface area contributed by atoms with Crippen LogP contribution in [0.2, 0.25) is 0 Å². The molecule has 3 heterocycles. The normalized spacial score (nSPS) is 24.0. The quantitative estimate of drug-likeness (QED) is 0.591. The summed E-state index contributed by atoms with van der Waals surface area (Å²) >= 11 is 0. The van der Waals surface area contributed by atoms with E-state index in [1.54, 1.807) is 11.8 Å². The zero-order valence-electron chi connectivity index (χ0n) is 21.3. The third-order valence-corrected chi connectivity index (χ3v) is 7.85. The van der Waals surface area contributed by atoms with Crippen LogP contribution in [0.3, 0.4) is 0 Å². The van der Waals surface area contributed by atoms with Crippen molar-refractivity contribution in [1.82, 2.24) is 20.4 Å². The third kappa shape index (κ3) is 6.08. The minimum atomic E-state index is -0.594. The highest BCUT2D eigenvalue weighted by Gasteiger charge is 2.48. The molecule has 0 radical (unpaired) electrons. The molecule has 10 heteroatoms. The lowest BCUT2D eigenvalue weighted by atomic mass is 9.75. The Balaban J connectivity index is 1.20. The number of benzene rings is 1. The molecule has 1 aromatic carbocycles. The summed E-state index contributed by atoms with van der Waals surface area (Å²) in [7, 11) is 0. The molecule has 1 spiro atoms. The molecule has 0 aromatic heterocycles. The van der Waals surface area contributed by atoms with Crippen molar-refractivity contribution in [2.24, 2.45) is 5.41 Å². The van der Waals surface area contributed by atoms with Crippen LogP contribution in [0.5, 0.6) is 0 Å². The SMILES string of the molecule is CCOC(=O)NCC(=O)N1CCC2(CC1)C[C@H](CCN1CCN(c3ccc(F)cc3)[C@@H](C)C1)NC2=O. The van der Waals surface area contributed by atoms with Gasteiger partial charge in [-0.3, -0.25) is 14.5 Å². The molecule has 0 unspecified atom stereocenters. The van der Waals surface area contributed by atoms with Gasteiger partial charge in [0.2, 0.25) is 11.8 Å². The minimum Gasteiger partial charge on any atom is -0.450 e. The van der Waals surface area contributed by atoms with Crippen LogP contribution < -0.4 is 15.5 Å². The largest absolute Gasteiger partial charge is 0.450 e. The summed E-state index contributed by atoms with van der Waals surface area (Å²) in [6.07, 6.45) is 2.41. The van der Waals surface area contributed by atoms with E-state index in [2.05, 4.69) is 27.4 Å². The Morgan fingerprint density at radius 3 is 2.56 bits per heavy atom. The summed E-state index contributed by atoms with van der Waals surface area (Å²) < 4.78 is 18.1. The lowest BCUT2D eigenvalue weighted by molar-refractivity contribution is -0.137. The number of rotatable bonds is 7. The van der Waals surface area contributed by atoms with Crippen molar-refractivity contribution in [3.63, 3.8) is 0 Å². The molecular formula is C26H38FN5O4. The first kappa shape index (κ1) is 26.2. The Morgan fingerprint density at radius 1 is 1.17 bits per heavy atom. The van der Waals surface area contributed by atoms with Crippen molar-refractivity contribution in [2.45, 2.75) is 51.6 Å². The first-order valence-electron chi connectivity index (χ1n) is 13.0. The molecule has 3 amide bonds. The number of anilines is 1. The monoisotopic (exact) mass is 503 g/mol. The molecule has 3 fully saturated rings. The first-order valence-corrected chi connectivity index (χ1v) is 13.0. The van der Waals surface area contributed by atoms with Crippen molar-refractivity contribution in [1.29, 1.82) is 0 Å². The lowest BCUT2D eigenvalue weighted by Crippen LogP contribution is -2.52. The van der Waals surface area contributed by atoms with Crippen LogP contribution in [0.1, 0.15) is 39.5 Å². The molecule has 2 atom stereocenters. The molecule has 4 rings (SSSR count). The Kier molecular flexibility index (Phi) is 8.33. The van der Waals surface area contributed by atoms with Gasteiger partial charge in [-0.25, -0.2) is 9.18 Å². The van der Waals surface area contributed by atoms with E-state index >= 15 is 0 Å². The number of hydrogen-bond donors (Lipinski definition) is 2. The molecule has 2 N–H and O–H groups in total. The maximum atomic E-state index is 13.3. The van der Waals surface area contributed by atoms with E-state index in [4.69, 9.17) is 4.74 Å². The molecule has 0 bridgehead atoms. The fraction of sp³-hybridized carbons (Fsp3) is 0.654. The summed E-state index contributed by atoms with van der Waals surface area (Å²) in [5, 5.41) is 5.68. The second-order valence-corrected chi connectivity index (χ2v) is 10.2. The van der Waals surface area contributed by atoms with Gasteiger partial charge in [-0.05, 0) is 63.8 Å². The Labute approximate surface area is 212 Å². The second-order valence-electron chi connectivity index (χ2n) is 10.2. The molecular weight excluding hydrogens is 465 g/mol. The molecule has 36 heavy (non-hydrogen) atoms. The number of hydrogen-bond acceptors (Lipinski definition) is 6. The van der Waals surface area contributed by atoms with Crippen molar-refractivity contribution in [3.8, 4) is 0 Å². The highest BCUT2D eigenvalue weighted by Crippen LogP contribution is 2.41. The highest BCUT2D eigenvalue weighted by atomic mass is 19.1. The molecule has 0 aliphatic carbocycles. The van der Waals surface area contributed by atoms with Crippen LogP contribution in [0.4, 0.5) is 14.9 Å². The van der Waals surface area contributed by atoms with Gasteiger partial charge in [-0.1, -0.05) is 0 Å². The number of carbonyl (C=O) groups is 3. The maximum Gasteiger partial charge on any atom is 0.407 e. The predicted molar refractivity (Wildman–Crippen MR) is 134 cm³/mol. The van der Waals surface area contributed by atoms with E-state index in [1.165, 1.54) is 12.1 Å². The Morgan fingerprint density at radius 2 is 1.89 bits per heavy atom. The summed E-state index contributed by atoms with van der Waals surface area (Å²) in [5.41, 5.74) is 0.653. The van der Waals surface area contributed by atoms with E-state index in [0.717, 1.165) is 44.7 Å². The minimum absolute atomic E-state index is 0.0898. The molecule has 0 saturated carbocycles. The topological polar surface area (TPSA) is 94.2 Å². The number of piperidine rings is 1. The average Bonchev–Trinajstić information content (AvgIpc) is 3.17. The van der Waals surface area contributed by atoms with Gasteiger partial charge in [0.25, 0.3) is 0 Å². The van der Waals surface area contributed by atoms with Crippen LogP contribution in [0.25, 0.3) is 0 Å². The molecule has 3 saturated heterocycles. The van der Waals surface area contributed by atoms with Crippen LogP contribution in [0, 0.1) is 11.2 Å². The summed E-state index contributed by atoms with van der Waals surface area (Å²) in [6, 6.07) is 7.17. The number of nitrogens with one attached hydrogen (secondary N) is 2. The number of carbonyl (C=O) groups excluding carboxylic acids is 3. The van der Waals surface area contributed by atoms with Gasteiger partial charge < -0.3 is 25.2 Å². The number of nitrogens with zero attached hydrogens (tertiary/aromatic N) is 3. The number of likely N-dealkylation sites (tertiary alicyclic amines) is 1. The second kappa shape index (κ2) is 11.5. The Bertz CT molecular complexity index is 935. The van der Waals surface area contributed by atoms with E-state index in [1.807, 2.05) is 12.1 Å². The van der Waals surface area contributed by atoms with Crippen molar-refractivity contribution in [3.05, 3.63) is 30.1 Å². The zero-order valence-corrected chi connectivity index (χ0v) is 21.3. The van der Waals surface area contributed by atoms with Gasteiger partial charge >= 0.3 is 6.09 Å². The summed E-state index contributed by atoms with van der Waals surface area (Å²) in [4.78, 5) is 43.2. The standard InChI is InChI=1S/C26H38FN5O4/c1-3-36-25(35)28-17-23(33)31-12-9-26(10-13-31)16-21(29-24(26)34)8-11-30-14-15-32(19(2)18-30)22-6-4-20(27)5-7-22/h4-7,19,21H,3,8-18H2,1-2H3,(H,28,35)(H,29,34)/t19-,21-/m0/s1. The predicted octanol–water partition coefficient (Wildman–Crippen LogP) is 1.97. The average molecular weight is 504 g/mol. The first-order chi connectivity index (χ1) is 17.3. The molecule has 198 valence electrons. The van der Waals surface area contributed by atoms with Gasteiger partial charge in [-0.15, -0.1) is 0 Å². The van der Waals surface area contributed by atoms with Gasteiger partial charge in [0.1, 0.15) is 12.4 Å². The van der Waals surface area contributed by atoms with E-state index in [0.29, 0.717) is 32.0 Å². The Hall–Kier alpha value is -2.88. The smallest absolute Gasteiger partial charge is 0.407 e. The van der Waals surface area contributed by atoms with Crippen molar-refractivity contribution < 1.29 is 23.5 Å². The molecule has 9 nitrogen and oxygen atoms in total. The van der Waals surface area contributed by atoms with E-state index in [-0.39, 0.29) is 36.8 Å². The van der Waals surface area contributed by atoms with Crippen molar-refractivity contribution >= 4 is 23.6 Å². The van der Waals surface area contributed by atoms with Gasteiger partial charge in [0, 0.05) is 57.0 Å². The molecule has 1 aromatic rings. The summed E-state index contributed by atoms with van der Waals surface area (Å²) in [5.74, 6) is -0.259. The number of piperazine rings is 1. The highest BCUT2D eigenvalue weighted by molar-refractivity contribution is 5.86. The fourth-order valence-corrected chi connectivity index (χ4v) is 5.78. The van der Waals surface area contributed by atoms with Gasteiger partial charge in [0.15, 0.2) is 0 Å². The lowest BCUT2D eigenvalue weighted by Gasteiger charge is -2.41. The van der Waals surface area contributed by atoms with E-state index < -0.39 is 11.5 Å². The maximum absolute atomic E-state index is 13.3. The van der Waals surface area contributed by atoms with E-state index in [9.17, 15) is 18.8 Å². The molecule has 3 aliphatic rings.